The van der Waals surface area contributed by atoms with Gasteiger partial charge in [-0.05, 0) is 38.3 Å². The van der Waals surface area contributed by atoms with Gasteiger partial charge >= 0.3 is 0 Å². The van der Waals surface area contributed by atoms with Crippen molar-refractivity contribution in [3.05, 3.63) is 11.1 Å². The quantitative estimate of drug-likeness (QED) is 0.667. The van der Waals surface area contributed by atoms with E-state index in [0.29, 0.717) is 22.5 Å². The smallest absolute Gasteiger partial charge is 0.263 e. The first-order valence-electron chi connectivity index (χ1n) is 7.01. The average Bonchev–Trinajstić information content (AvgIpc) is 2.90. The topological polar surface area (TPSA) is 91.5 Å². The van der Waals surface area contributed by atoms with E-state index in [2.05, 4.69) is 15.2 Å². The van der Waals surface area contributed by atoms with Gasteiger partial charge in [-0.2, -0.15) is 0 Å². The summed E-state index contributed by atoms with van der Waals surface area (Å²) >= 11 is 1.20. The molecule has 0 spiro atoms. The lowest BCUT2D eigenvalue weighted by atomic mass is 9.99. The third-order valence-corrected chi connectivity index (χ3v) is 4.37. The Morgan fingerprint density at radius 3 is 3.20 bits per heavy atom. The first-order valence-corrected chi connectivity index (χ1v) is 7.83. The van der Waals surface area contributed by atoms with Crippen molar-refractivity contribution >= 4 is 22.4 Å². The maximum Gasteiger partial charge on any atom is 0.263 e. The molecule has 1 aliphatic heterocycles. The SMILES string of the molecule is Nc1ncc(C(=O)NCCCN2CCC[C@H](CO)C2)s1. The predicted octanol–water partition coefficient (Wildman–Crippen LogP) is 0.549. The Bertz CT molecular complexity index is 438. The van der Waals surface area contributed by atoms with Crippen LogP contribution in [0.1, 0.15) is 28.9 Å². The zero-order valence-electron chi connectivity index (χ0n) is 11.5. The van der Waals surface area contributed by atoms with Crippen LogP contribution in [0.5, 0.6) is 0 Å². The van der Waals surface area contributed by atoms with E-state index in [1.54, 1.807) is 0 Å². The summed E-state index contributed by atoms with van der Waals surface area (Å²) in [7, 11) is 0. The van der Waals surface area contributed by atoms with Crippen LogP contribution in [0, 0.1) is 5.92 Å². The summed E-state index contributed by atoms with van der Waals surface area (Å²) in [6.07, 6.45) is 4.69. The van der Waals surface area contributed by atoms with E-state index in [-0.39, 0.29) is 12.5 Å². The Balaban J connectivity index is 1.62. The van der Waals surface area contributed by atoms with Gasteiger partial charge < -0.3 is 21.1 Å². The fourth-order valence-corrected chi connectivity index (χ4v) is 3.09. The summed E-state index contributed by atoms with van der Waals surface area (Å²) in [4.78, 5) is 18.5. The van der Waals surface area contributed by atoms with Gasteiger partial charge in [-0.3, -0.25) is 4.79 Å². The van der Waals surface area contributed by atoms with Gasteiger partial charge in [0, 0.05) is 19.7 Å². The molecule has 1 aromatic heterocycles. The maximum absolute atomic E-state index is 11.8. The number of nitrogens with zero attached hydrogens (tertiary/aromatic N) is 2. The molecule has 1 amide bonds. The van der Waals surface area contributed by atoms with Gasteiger partial charge in [0.25, 0.3) is 5.91 Å². The molecule has 20 heavy (non-hydrogen) atoms. The number of rotatable bonds is 6. The number of piperidine rings is 1. The molecule has 0 radical (unpaired) electrons. The lowest BCUT2D eigenvalue weighted by Crippen LogP contribution is -2.38. The van der Waals surface area contributed by atoms with Gasteiger partial charge in [0.2, 0.25) is 0 Å². The van der Waals surface area contributed by atoms with Crippen molar-refractivity contribution in [3.8, 4) is 0 Å². The molecule has 2 rings (SSSR count). The number of aliphatic hydroxyl groups is 1. The highest BCUT2D eigenvalue weighted by molar-refractivity contribution is 7.17. The van der Waals surface area contributed by atoms with Crippen LogP contribution in [0.4, 0.5) is 5.13 Å². The molecule has 1 fully saturated rings. The van der Waals surface area contributed by atoms with Gasteiger partial charge in [0.15, 0.2) is 5.13 Å². The number of aliphatic hydroxyl groups excluding tert-OH is 1. The first-order chi connectivity index (χ1) is 9.69. The van der Waals surface area contributed by atoms with Crippen molar-refractivity contribution in [1.29, 1.82) is 0 Å². The number of anilines is 1. The van der Waals surface area contributed by atoms with Crippen LogP contribution in [0.3, 0.4) is 0 Å². The number of hydrogen-bond acceptors (Lipinski definition) is 6. The number of nitrogen functional groups attached to an aromatic ring is 1. The minimum atomic E-state index is -0.105. The van der Waals surface area contributed by atoms with E-state index in [0.717, 1.165) is 38.9 Å². The third kappa shape index (κ3) is 4.43. The highest BCUT2D eigenvalue weighted by Gasteiger charge is 2.18. The van der Waals surface area contributed by atoms with E-state index in [1.807, 2.05) is 0 Å². The number of thiazole rings is 1. The largest absolute Gasteiger partial charge is 0.396 e. The Hall–Kier alpha value is -1.18. The van der Waals surface area contributed by atoms with Crippen molar-refractivity contribution < 1.29 is 9.90 Å². The number of carbonyl (C=O) groups is 1. The minimum Gasteiger partial charge on any atom is -0.396 e. The number of hydrogen-bond donors (Lipinski definition) is 3. The van der Waals surface area contributed by atoms with Crippen LogP contribution in [-0.2, 0) is 0 Å². The summed E-state index contributed by atoms with van der Waals surface area (Å²) in [6, 6.07) is 0. The second kappa shape index (κ2) is 7.56. The van der Waals surface area contributed by atoms with Crippen LogP contribution in [0.2, 0.25) is 0 Å². The molecule has 0 bridgehead atoms. The zero-order valence-corrected chi connectivity index (χ0v) is 12.4. The van der Waals surface area contributed by atoms with Gasteiger partial charge in [-0.25, -0.2) is 4.98 Å². The van der Waals surface area contributed by atoms with Gasteiger partial charge in [0.1, 0.15) is 4.88 Å². The Kier molecular flexibility index (Phi) is 5.75. The summed E-state index contributed by atoms with van der Waals surface area (Å²) < 4.78 is 0. The van der Waals surface area contributed by atoms with Crippen LogP contribution >= 0.6 is 11.3 Å². The van der Waals surface area contributed by atoms with Crippen molar-refractivity contribution in [3.63, 3.8) is 0 Å². The highest BCUT2D eigenvalue weighted by atomic mass is 32.1. The summed E-state index contributed by atoms with van der Waals surface area (Å²) in [5.41, 5.74) is 5.50. The molecule has 0 saturated carbocycles. The normalized spacial score (nSPS) is 19.9. The summed E-state index contributed by atoms with van der Waals surface area (Å²) in [6.45, 7) is 3.95. The molecule has 7 heteroatoms. The molecule has 0 aromatic carbocycles. The molecule has 2 heterocycles. The molecular weight excluding hydrogens is 276 g/mol. The lowest BCUT2D eigenvalue weighted by molar-refractivity contribution is 0.0950. The lowest BCUT2D eigenvalue weighted by Gasteiger charge is -2.31. The highest BCUT2D eigenvalue weighted by Crippen LogP contribution is 2.16. The van der Waals surface area contributed by atoms with Crippen molar-refractivity contribution in [2.24, 2.45) is 5.92 Å². The van der Waals surface area contributed by atoms with E-state index < -0.39 is 0 Å². The van der Waals surface area contributed by atoms with Crippen LogP contribution in [-0.4, -0.2) is 53.7 Å². The Morgan fingerprint density at radius 2 is 2.50 bits per heavy atom. The van der Waals surface area contributed by atoms with Crippen molar-refractivity contribution in [2.45, 2.75) is 19.3 Å². The van der Waals surface area contributed by atoms with E-state index >= 15 is 0 Å². The van der Waals surface area contributed by atoms with Gasteiger partial charge in [-0.1, -0.05) is 11.3 Å². The summed E-state index contributed by atoms with van der Waals surface area (Å²) in [5, 5.41) is 12.5. The Morgan fingerprint density at radius 1 is 1.65 bits per heavy atom. The van der Waals surface area contributed by atoms with Gasteiger partial charge in [-0.15, -0.1) is 0 Å². The number of aromatic nitrogens is 1. The van der Waals surface area contributed by atoms with Crippen molar-refractivity contribution in [1.82, 2.24) is 15.2 Å². The second-order valence-electron chi connectivity index (χ2n) is 5.16. The monoisotopic (exact) mass is 298 g/mol. The molecular formula is C13H22N4O2S. The molecule has 0 aliphatic carbocycles. The number of nitrogens with two attached hydrogens (primary N) is 1. The fourth-order valence-electron chi connectivity index (χ4n) is 2.49. The fraction of sp³-hybridized carbons (Fsp3) is 0.692. The van der Waals surface area contributed by atoms with Crippen LogP contribution < -0.4 is 11.1 Å². The van der Waals surface area contributed by atoms with E-state index in [1.165, 1.54) is 17.5 Å². The molecule has 4 N–H and O–H groups in total. The van der Waals surface area contributed by atoms with Crippen LogP contribution in [0.25, 0.3) is 0 Å². The Labute approximate surface area is 123 Å². The first kappa shape index (κ1) is 15.2. The number of amides is 1. The third-order valence-electron chi connectivity index (χ3n) is 3.55. The molecule has 1 atom stereocenters. The second-order valence-corrected chi connectivity index (χ2v) is 6.23. The zero-order chi connectivity index (χ0) is 14.4. The molecule has 1 aliphatic rings. The maximum atomic E-state index is 11.8. The molecule has 112 valence electrons. The summed E-state index contributed by atoms with van der Waals surface area (Å²) in [5.74, 6) is 0.310. The van der Waals surface area contributed by atoms with E-state index in [4.69, 9.17) is 5.73 Å². The molecule has 0 unspecified atom stereocenters. The average molecular weight is 298 g/mol. The molecule has 6 nitrogen and oxygen atoms in total. The van der Waals surface area contributed by atoms with Crippen molar-refractivity contribution in [2.75, 3.05) is 38.5 Å². The number of nitrogens with one attached hydrogen (secondary N) is 1. The standard InChI is InChI=1S/C13H22N4O2S/c14-13-16-7-11(20-13)12(19)15-4-2-6-17-5-1-3-10(8-17)9-18/h7,10,18H,1-6,8-9H2,(H2,14,16)(H,15,19)/t10-/m0/s1. The number of likely N-dealkylation sites (tertiary alicyclic amines) is 1. The minimum absolute atomic E-state index is 0.105. The van der Waals surface area contributed by atoms with Gasteiger partial charge in [0.05, 0.1) is 6.20 Å². The molecule has 1 aromatic rings. The molecule has 1 saturated heterocycles. The van der Waals surface area contributed by atoms with E-state index in [9.17, 15) is 9.90 Å². The number of carbonyl (C=O) groups excluding carboxylic acids is 1. The van der Waals surface area contributed by atoms with Crippen LogP contribution in [0.15, 0.2) is 6.20 Å². The predicted molar refractivity (Wildman–Crippen MR) is 79.7 cm³/mol.